The van der Waals surface area contributed by atoms with Gasteiger partial charge in [0, 0.05) is 13.0 Å². The summed E-state index contributed by atoms with van der Waals surface area (Å²) in [5.74, 6) is -0.0261. The van der Waals surface area contributed by atoms with Gasteiger partial charge >= 0.3 is 6.03 Å². The first-order valence-electron chi connectivity index (χ1n) is 6.93. The van der Waals surface area contributed by atoms with Gasteiger partial charge in [-0.25, -0.2) is 4.79 Å². The molecule has 2 aliphatic heterocycles. The third-order valence-corrected chi connectivity index (χ3v) is 3.67. The fourth-order valence-corrected chi connectivity index (χ4v) is 2.47. The number of aliphatic imine (C=N–C) groups is 1. The fourth-order valence-electron chi connectivity index (χ4n) is 2.47. The van der Waals surface area contributed by atoms with Crippen molar-refractivity contribution in [3.05, 3.63) is 0 Å². The maximum absolute atomic E-state index is 11.5. The van der Waals surface area contributed by atoms with Crippen LogP contribution in [0.3, 0.4) is 0 Å². The van der Waals surface area contributed by atoms with Crippen LogP contribution in [-0.2, 0) is 14.3 Å². The largest absolute Gasteiger partial charge is 0.348 e. The Labute approximate surface area is 122 Å². The number of ether oxygens (including phenoxy) is 1. The first-order valence-corrected chi connectivity index (χ1v) is 6.93. The van der Waals surface area contributed by atoms with E-state index in [-0.39, 0.29) is 17.9 Å². The van der Waals surface area contributed by atoms with Crippen LogP contribution in [0.2, 0.25) is 0 Å². The predicted octanol–water partition coefficient (Wildman–Crippen LogP) is -1.01. The number of carbonyl (C=O) groups is 3. The highest BCUT2D eigenvalue weighted by molar-refractivity contribution is 6.05. The van der Waals surface area contributed by atoms with Crippen molar-refractivity contribution in [3.8, 4) is 0 Å². The number of rotatable bonds is 7. The molecule has 0 bridgehead atoms. The van der Waals surface area contributed by atoms with Gasteiger partial charge in [0.25, 0.3) is 0 Å². The lowest BCUT2D eigenvalue weighted by Gasteiger charge is -2.21. The molecule has 0 aliphatic carbocycles. The Bertz CT molecular complexity index is 465. The van der Waals surface area contributed by atoms with E-state index in [1.807, 2.05) is 0 Å². The number of aldehydes is 1. The zero-order valence-corrected chi connectivity index (χ0v) is 12.1. The van der Waals surface area contributed by atoms with Crippen molar-refractivity contribution in [1.82, 2.24) is 16.0 Å². The molecule has 0 aromatic rings. The van der Waals surface area contributed by atoms with Gasteiger partial charge < -0.3 is 25.5 Å². The molecule has 0 spiro atoms. The first-order chi connectivity index (χ1) is 10.0. The quantitative estimate of drug-likeness (QED) is 0.519. The van der Waals surface area contributed by atoms with Gasteiger partial charge in [0.2, 0.25) is 0 Å². The van der Waals surface area contributed by atoms with E-state index in [0.717, 1.165) is 6.29 Å². The van der Waals surface area contributed by atoms with Crippen LogP contribution in [0.1, 0.15) is 19.8 Å². The number of hydrogen-bond acceptors (Lipinski definition) is 6. The second kappa shape index (κ2) is 6.88. The summed E-state index contributed by atoms with van der Waals surface area (Å²) in [5, 5.41) is 8.52. The van der Waals surface area contributed by atoms with Gasteiger partial charge in [-0.1, -0.05) is 0 Å². The van der Waals surface area contributed by atoms with Crippen molar-refractivity contribution in [2.75, 3.05) is 13.6 Å². The molecule has 0 aromatic carbocycles. The lowest BCUT2D eigenvalue weighted by atomic mass is 10.1. The SMILES string of the molecule is CNC(CC1=NC(=O)NC1OC1CNC(C=O)C1)C(C)=O. The summed E-state index contributed by atoms with van der Waals surface area (Å²) >= 11 is 0. The fraction of sp³-hybridized carbons (Fsp3) is 0.692. The van der Waals surface area contributed by atoms with Gasteiger partial charge in [0.1, 0.15) is 12.1 Å². The van der Waals surface area contributed by atoms with Gasteiger partial charge in [-0.2, -0.15) is 4.99 Å². The molecule has 0 saturated carbocycles. The molecule has 8 nitrogen and oxygen atoms in total. The minimum absolute atomic E-state index is 0.0261. The molecule has 1 saturated heterocycles. The number of urea groups is 1. The molecule has 1 fully saturated rings. The third-order valence-electron chi connectivity index (χ3n) is 3.67. The van der Waals surface area contributed by atoms with E-state index in [0.29, 0.717) is 25.1 Å². The van der Waals surface area contributed by atoms with Crippen molar-refractivity contribution in [3.63, 3.8) is 0 Å². The second-order valence-corrected chi connectivity index (χ2v) is 5.23. The maximum Gasteiger partial charge on any atom is 0.343 e. The van der Waals surface area contributed by atoms with Crippen molar-refractivity contribution >= 4 is 23.8 Å². The average Bonchev–Trinajstić information content (AvgIpc) is 3.02. The van der Waals surface area contributed by atoms with E-state index >= 15 is 0 Å². The molecule has 116 valence electrons. The molecule has 4 unspecified atom stereocenters. The number of hydrogen-bond donors (Lipinski definition) is 3. The molecule has 8 heteroatoms. The Morgan fingerprint density at radius 3 is 2.95 bits per heavy atom. The van der Waals surface area contributed by atoms with E-state index in [9.17, 15) is 14.4 Å². The normalized spacial score (nSPS) is 29.9. The Balaban J connectivity index is 1.96. The summed E-state index contributed by atoms with van der Waals surface area (Å²) < 4.78 is 5.79. The molecule has 2 amide bonds. The topological polar surface area (TPSA) is 109 Å². The van der Waals surface area contributed by atoms with Crippen molar-refractivity contribution in [1.29, 1.82) is 0 Å². The summed E-state index contributed by atoms with van der Waals surface area (Å²) in [7, 11) is 1.68. The van der Waals surface area contributed by atoms with E-state index < -0.39 is 18.3 Å². The number of nitrogens with zero attached hydrogens (tertiary/aromatic N) is 1. The van der Waals surface area contributed by atoms with Crippen LogP contribution < -0.4 is 16.0 Å². The zero-order valence-electron chi connectivity index (χ0n) is 12.1. The van der Waals surface area contributed by atoms with Crippen molar-refractivity contribution < 1.29 is 19.1 Å². The van der Waals surface area contributed by atoms with Gasteiger partial charge in [0.05, 0.1) is 23.9 Å². The zero-order chi connectivity index (χ0) is 15.4. The average molecular weight is 296 g/mol. The summed E-state index contributed by atoms with van der Waals surface area (Å²) in [4.78, 5) is 37.5. The van der Waals surface area contributed by atoms with Crippen LogP contribution in [0, 0.1) is 0 Å². The lowest BCUT2D eigenvalue weighted by Crippen LogP contribution is -2.42. The molecule has 0 radical (unpaired) electrons. The van der Waals surface area contributed by atoms with E-state index in [1.54, 1.807) is 7.05 Å². The van der Waals surface area contributed by atoms with Gasteiger partial charge in [0.15, 0.2) is 6.23 Å². The van der Waals surface area contributed by atoms with Crippen LogP contribution in [0.25, 0.3) is 0 Å². The van der Waals surface area contributed by atoms with E-state index in [1.165, 1.54) is 6.92 Å². The Hall–Kier alpha value is -1.64. The van der Waals surface area contributed by atoms with Gasteiger partial charge in [-0.05, 0) is 20.4 Å². The molecule has 21 heavy (non-hydrogen) atoms. The minimum Gasteiger partial charge on any atom is -0.348 e. The molecular formula is C13H20N4O4. The highest BCUT2D eigenvalue weighted by Gasteiger charge is 2.34. The lowest BCUT2D eigenvalue weighted by molar-refractivity contribution is -0.118. The Morgan fingerprint density at radius 2 is 2.38 bits per heavy atom. The minimum atomic E-state index is -0.634. The monoisotopic (exact) mass is 296 g/mol. The van der Waals surface area contributed by atoms with Crippen LogP contribution in [0.15, 0.2) is 4.99 Å². The van der Waals surface area contributed by atoms with E-state index in [2.05, 4.69) is 20.9 Å². The molecule has 4 atom stereocenters. The summed E-state index contributed by atoms with van der Waals surface area (Å²) in [5.41, 5.74) is 0.504. The number of carbonyl (C=O) groups excluding carboxylic acids is 3. The maximum atomic E-state index is 11.5. The molecule has 3 N–H and O–H groups in total. The van der Waals surface area contributed by atoms with Crippen LogP contribution in [0.4, 0.5) is 4.79 Å². The predicted molar refractivity (Wildman–Crippen MR) is 75.2 cm³/mol. The third kappa shape index (κ3) is 3.93. The Morgan fingerprint density at radius 1 is 1.62 bits per heavy atom. The molecule has 0 aromatic heterocycles. The summed E-state index contributed by atoms with van der Waals surface area (Å²) in [6, 6.07) is -1.08. The highest BCUT2D eigenvalue weighted by atomic mass is 16.5. The van der Waals surface area contributed by atoms with Crippen LogP contribution in [0.5, 0.6) is 0 Å². The number of Topliss-reactive ketones (excluding diaryl/α,β-unsaturated/α-hetero) is 1. The molecular weight excluding hydrogens is 276 g/mol. The van der Waals surface area contributed by atoms with Crippen LogP contribution in [-0.4, -0.2) is 61.8 Å². The number of amides is 2. The number of likely N-dealkylation sites (N-methyl/N-ethyl adjacent to an activating group) is 1. The van der Waals surface area contributed by atoms with Crippen molar-refractivity contribution in [2.24, 2.45) is 4.99 Å². The molecule has 2 rings (SSSR count). The standard InChI is InChI=1S/C13H20N4O4/c1-7(19)10(14-2)4-11-12(17-13(20)16-11)21-9-3-8(6-18)15-5-9/h6,8-10,12,14-15H,3-5H2,1-2H3,(H,17,20). The molecule has 2 aliphatic rings. The first kappa shape index (κ1) is 15.7. The number of nitrogens with one attached hydrogen (secondary N) is 3. The highest BCUT2D eigenvalue weighted by Crippen LogP contribution is 2.15. The van der Waals surface area contributed by atoms with Gasteiger partial charge in [-0.3, -0.25) is 4.79 Å². The van der Waals surface area contributed by atoms with Crippen molar-refractivity contribution in [2.45, 2.75) is 44.2 Å². The van der Waals surface area contributed by atoms with Gasteiger partial charge in [-0.15, -0.1) is 0 Å². The number of ketones is 1. The van der Waals surface area contributed by atoms with Crippen LogP contribution >= 0.6 is 0 Å². The van der Waals surface area contributed by atoms with E-state index in [4.69, 9.17) is 4.74 Å². The summed E-state index contributed by atoms with van der Waals surface area (Å²) in [6.07, 6.45) is 0.917. The second-order valence-electron chi connectivity index (χ2n) is 5.23. The smallest absolute Gasteiger partial charge is 0.343 e. The summed E-state index contributed by atoms with van der Waals surface area (Å²) in [6.45, 7) is 2.03. The Kier molecular flexibility index (Phi) is 5.16. The molecule has 2 heterocycles.